The average molecular weight is 380 g/mol. The van der Waals surface area contributed by atoms with Gasteiger partial charge in [0, 0.05) is 18.8 Å². The summed E-state index contributed by atoms with van der Waals surface area (Å²) in [4.78, 5) is 27.1. The van der Waals surface area contributed by atoms with Crippen LogP contribution in [0.3, 0.4) is 0 Å². The van der Waals surface area contributed by atoms with Crippen LogP contribution in [-0.2, 0) is 15.8 Å². The van der Waals surface area contributed by atoms with E-state index >= 15 is 0 Å². The molecule has 0 aliphatic carbocycles. The number of nitrogens with zero attached hydrogens (tertiary/aromatic N) is 2. The Labute approximate surface area is 149 Å². The third-order valence-electron chi connectivity index (χ3n) is 3.49. The number of benzene rings is 1. The van der Waals surface area contributed by atoms with Crippen molar-refractivity contribution in [3.8, 4) is 0 Å². The summed E-state index contributed by atoms with van der Waals surface area (Å²) in [6.07, 6.45) is -4.61. The van der Waals surface area contributed by atoms with E-state index in [9.17, 15) is 22.8 Å². The lowest BCUT2D eigenvalue weighted by atomic mass is 10.2. The maximum atomic E-state index is 12.8. The van der Waals surface area contributed by atoms with Gasteiger partial charge in [-0.15, -0.1) is 0 Å². The fraction of sp³-hybridized carbons (Fsp3) is 0.500. The van der Waals surface area contributed by atoms with Crippen LogP contribution in [0.15, 0.2) is 18.2 Å². The molecular formula is C16H21ClF3N3O2. The molecule has 1 aromatic rings. The van der Waals surface area contributed by atoms with Crippen molar-refractivity contribution in [2.75, 3.05) is 38.5 Å². The van der Waals surface area contributed by atoms with Gasteiger partial charge in [-0.2, -0.15) is 13.2 Å². The topological polar surface area (TPSA) is 52.7 Å². The molecule has 0 saturated heterocycles. The van der Waals surface area contributed by atoms with Gasteiger partial charge in [-0.1, -0.05) is 11.6 Å². The van der Waals surface area contributed by atoms with Crippen LogP contribution >= 0.6 is 11.6 Å². The third-order valence-corrected chi connectivity index (χ3v) is 3.82. The number of hydrogen-bond donors (Lipinski definition) is 1. The van der Waals surface area contributed by atoms with Crippen molar-refractivity contribution in [2.24, 2.45) is 0 Å². The lowest BCUT2D eigenvalue weighted by Gasteiger charge is -2.22. The van der Waals surface area contributed by atoms with E-state index in [-0.39, 0.29) is 24.7 Å². The van der Waals surface area contributed by atoms with Gasteiger partial charge in [0.15, 0.2) is 0 Å². The normalized spacial score (nSPS) is 11.5. The molecule has 1 aromatic carbocycles. The van der Waals surface area contributed by atoms with Crippen molar-refractivity contribution in [1.29, 1.82) is 0 Å². The molecule has 2 amide bonds. The second-order valence-corrected chi connectivity index (χ2v) is 5.89. The Hall–Kier alpha value is -1.80. The number of amides is 2. The first kappa shape index (κ1) is 21.2. The fourth-order valence-corrected chi connectivity index (χ4v) is 2.45. The Morgan fingerprint density at radius 3 is 2.28 bits per heavy atom. The number of carbonyl (C=O) groups excluding carboxylic acids is 2. The van der Waals surface area contributed by atoms with Gasteiger partial charge < -0.3 is 10.2 Å². The van der Waals surface area contributed by atoms with Crippen molar-refractivity contribution in [2.45, 2.75) is 20.0 Å². The monoisotopic (exact) mass is 379 g/mol. The summed E-state index contributed by atoms with van der Waals surface area (Å²) < 4.78 is 38.4. The highest BCUT2D eigenvalue weighted by Gasteiger charge is 2.33. The quantitative estimate of drug-likeness (QED) is 0.792. The number of anilines is 1. The molecule has 0 saturated carbocycles. The number of hydrogen-bond acceptors (Lipinski definition) is 3. The summed E-state index contributed by atoms with van der Waals surface area (Å²) in [5.41, 5.74) is -1.03. The lowest BCUT2D eigenvalue weighted by molar-refractivity contribution is -0.137. The van der Waals surface area contributed by atoms with E-state index in [0.717, 1.165) is 12.1 Å². The van der Waals surface area contributed by atoms with Crippen LogP contribution in [0.2, 0.25) is 5.02 Å². The molecule has 0 unspecified atom stereocenters. The fourth-order valence-electron chi connectivity index (χ4n) is 2.23. The zero-order valence-electron chi connectivity index (χ0n) is 14.3. The number of nitrogens with one attached hydrogen (secondary N) is 1. The molecule has 0 fully saturated rings. The Balaban J connectivity index is 2.67. The van der Waals surface area contributed by atoms with E-state index in [1.54, 1.807) is 11.9 Å². The van der Waals surface area contributed by atoms with Crippen LogP contribution in [0.5, 0.6) is 0 Å². The number of likely N-dealkylation sites (N-methyl/N-ethyl adjacent to an activating group) is 2. The SMILES string of the molecule is CCN(CC)C(=O)CN(C)CC(=O)Nc1ccc(Cl)c(C(F)(F)F)c1. The molecule has 140 valence electrons. The molecule has 0 aromatic heterocycles. The largest absolute Gasteiger partial charge is 0.417 e. The predicted molar refractivity (Wildman–Crippen MR) is 90.5 cm³/mol. The molecule has 25 heavy (non-hydrogen) atoms. The van der Waals surface area contributed by atoms with Gasteiger partial charge >= 0.3 is 6.18 Å². The molecule has 0 atom stereocenters. The second-order valence-electron chi connectivity index (χ2n) is 5.48. The standard InChI is InChI=1S/C16H21ClF3N3O2/c1-4-23(5-2)15(25)10-22(3)9-14(24)21-11-6-7-13(17)12(8-11)16(18,19)20/h6-8H,4-5,9-10H2,1-3H3,(H,21,24). The maximum Gasteiger partial charge on any atom is 0.417 e. The first-order chi connectivity index (χ1) is 11.6. The summed E-state index contributed by atoms with van der Waals surface area (Å²) in [6, 6.07) is 3.14. The van der Waals surface area contributed by atoms with E-state index in [1.807, 2.05) is 13.8 Å². The van der Waals surface area contributed by atoms with E-state index in [2.05, 4.69) is 5.32 Å². The van der Waals surface area contributed by atoms with Crippen LogP contribution in [0.1, 0.15) is 19.4 Å². The van der Waals surface area contributed by atoms with Gasteiger partial charge in [-0.3, -0.25) is 14.5 Å². The predicted octanol–water partition coefficient (Wildman–Crippen LogP) is 3.10. The van der Waals surface area contributed by atoms with Crippen LogP contribution in [-0.4, -0.2) is 54.8 Å². The molecule has 0 aliphatic rings. The minimum atomic E-state index is -4.61. The molecule has 5 nitrogen and oxygen atoms in total. The van der Waals surface area contributed by atoms with Crippen LogP contribution < -0.4 is 5.32 Å². The zero-order chi connectivity index (χ0) is 19.2. The van der Waals surface area contributed by atoms with Gasteiger partial charge in [0.2, 0.25) is 11.8 Å². The van der Waals surface area contributed by atoms with Crippen LogP contribution in [0, 0.1) is 0 Å². The molecule has 9 heteroatoms. The summed E-state index contributed by atoms with van der Waals surface area (Å²) in [5.74, 6) is -0.642. The summed E-state index contributed by atoms with van der Waals surface area (Å²) in [6.45, 7) is 4.76. The number of rotatable bonds is 7. The van der Waals surface area contributed by atoms with Crippen LogP contribution in [0.4, 0.5) is 18.9 Å². The van der Waals surface area contributed by atoms with Crippen molar-refractivity contribution in [3.63, 3.8) is 0 Å². The van der Waals surface area contributed by atoms with Gasteiger partial charge in [0.25, 0.3) is 0 Å². The Morgan fingerprint density at radius 1 is 1.16 bits per heavy atom. The molecule has 0 radical (unpaired) electrons. The smallest absolute Gasteiger partial charge is 0.342 e. The van der Waals surface area contributed by atoms with Gasteiger partial charge in [0.05, 0.1) is 23.7 Å². The third kappa shape index (κ3) is 6.55. The van der Waals surface area contributed by atoms with E-state index in [0.29, 0.717) is 13.1 Å². The van der Waals surface area contributed by atoms with Crippen molar-refractivity contribution < 1.29 is 22.8 Å². The van der Waals surface area contributed by atoms with Crippen molar-refractivity contribution in [3.05, 3.63) is 28.8 Å². The zero-order valence-corrected chi connectivity index (χ0v) is 15.0. The van der Waals surface area contributed by atoms with Crippen molar-refractivity contribution in [1.82, 2.24) is 9.80 Å². The summed E-state index contributed by atoms with van der Waals surface area (Å²) in [5, 5.41) is 1.94. The number of alkyl halides is 3. The second kappa shape index (κ2) is 9.05. The minimum absolute atomic E-state index is 0.00908. The van der Waals surface area contributed by atoms with Gasteiger partial charge in [-0.25, -0.2) is 0 Å². The van der Waals surface area contributed by atoms with Gasteiger partial charge in [-0.05, 0) is 39.1 Å². The average Bonchev–Trinajstić information content (AvgIpc) is 2.48. The highest BCUT2D eigenvalue weighted by atomic mass is 35.5. The highest BCUT2D eigenvalue weighted by Crippen LogP contribution is 2.36. The highest BCUT2D eigenvalue weighted by molar-refractivity contribution is 6.31. The van der Waals surface area contributed by atoms with Gasteiger partial charge in [0.1, 0.15) is 0 Å². The molecule has 0 bridgehead atoms. The molecule has 1 N–H and O–H groups in total. The Kier molecular flexibility index (Phi) is 7.69. The molecule has 0 heterocycles. The van der Waals surface area contributed by atoms with E-state index < -0.39 is 22.7 Å². The summed E-state index contributed by atoms with van der Waals surface area (Å²) in [7, 11) is 1.59. The molecule has 1 rings (SSSR count). The van der Waals surface area contributed by atoms with Crippen molar-refractivity contribution >= 4 is 29.1 Å². The summed E-state index contributed by atoms with van der Waals surface area (Å²) >= 11 is 5.53. The number of halogens is 4. The molecular weight excluding hydrogens is 359 g/mol. The lowest BCUT2D eigenvalue weighted by Crippen LogP contribution is -2.41. The first-order valence-electron chi connectivity index (χ1n) is 7.71. The molecule has 0 aliphatic heterocycles. The van der Waals surface area contributed by atoms with E-state index in [4.69, 9.17) is 11.6 Å². The first-order valence-corrected chi connectivity index (χ1v) is 8.09. The minimum Gasteiger partial charge on any atom is -0.342 e. The molecule has 0 spiro atoms. The van der Waals surface area contributed by atoms with Crippen LogP contribution in [0.25, 0.3) is 0 Å². The number of carbonyl (C=O) groups is 2. The Morgan fingerprint density at radius 2 is 1.76 bits per heavy atom. The Bertz CT molecular complexity index is 619. The van der Waals surface area contributed by atoms with E-state index in [1.165, 1.54) is 11.0 Å². The maximum absolute atomic E-state index is 12.8.